The Hall–Kier alpha value is -0.870. The van der Waals surface area contributed by atoms with Gasteiger partial charge in [-0.15, -0.1) is 0 Å². The van der Waals surface area contributed by atoms with Crippen LogP contribution in [0.4, 0.5) is 0 Å². The van der Waals surface area contributed by atoms with Crippen molar-refractivity contribution in [3.8, 4) is 0 Å². The molecule has 1 atom stereocenters. The number of nitrogens with one attached hydrogen (secondary N) is 1. The van der Waals surface area contributed by atoms with Gasteiger partial charge in [-0.25, -0.2) is 13.1 Å². The van der Waals surface area contributed by atoms with Crippen molar-refractivity contribution in [3.63, 3.8) is 0 Å². The first-order valence-electron chi connectivity index (χ1n) is 5.20. The molecule has 1 aliphatic rings. The predicted octanol–water partition coefficient (Wildman–Crippen LogP) is 1.61. The lowest BCUT2D eigenvalue weighted by molar-refractivity contribution is 0.555. The summed E-state index contributed by atoms with van der Waals surface area (Å²) in [7, 11) is -3.10. The minimum atomic E-state index is -3.10. The predicted molar refractivity (Wildman–Crippen MR) is 60.1 cm³/mol. The Bertz CT molecular complexity index is 453. The average Bonchev–Trinajstić information content (AvgIpc) is 2.62. The molecule has 15 heavy (non-hydrogen) atoms. The van der Waals surface area contributed by atoms with Gasteiger partial charge in [0.1, 0.15) is 0 Å². The van der Waals surface area contributed by atoms with Crippen LogP contribution in [0, 0.1) is 0 Å². The van der Waals surface area contributed by atoms with Crippen LogP contribution >= 0.6 is 0 Å². The van der Waals surface area contributed by atoms with E-state index < -0.39 is 10.0 Å². The summed E-state index contributed by atoms with van der Waals surface area (Å²) < 4.78 is 25.6. The van der Waals surface area contributed by atoms with Gasteiger partial charge in [0.15, 0.2) is 0 Å². The Morgan fingerprint density at radius 3 is 2.87 bits per heavy atom. The van der Waals surface area contributed by atoms with Crippen LogP contribution in [0.2, 0.25) is 0 Å². The van der Waals surface area contributed by atoms with Crippen LogP contribution in [0.15, 0.2) is 24.3 Å². The maximum atomic E-state index is 11.5. The van der Waals surface area contributed by atoms with Gasteiger partial charge in [0, 0.05) is 6.04 Å². The zero-order chi connectivity index (χ0) is 10.9. The molecule has 0 aliphatic heterocycles. The summed E-state index contributed by atoms with van der Waals surface area (Å²) in [5.41, 5.74) is 2.40. The minimum Gasteiger partial charge on any atom is -0.212 e. The van der Waals surface area contributed by atoms with Crippen molar-refractivity contribution < 1.29 is 8.42 Å². The molecule has 0 saturated heterocycles. The van der Waals surface area contributed by atoms with Gasteiger partial charge in [-0.2, -0.15) is 0 Å². The quantitative estimate of drug-likeness (QED) is 0.849. The molecule has 0 amide bonds. The molecule has 2 rings (SSSR count). The number of rotatable bonds is 3. The first kappa shape index (κ1) is 10.6. The Balaban J connectivity index is 2.22. The molecule has 0 aromatic heterocycles. The van der Waals surface area contributed by atoms with Crippen LogP contribution in [-0.4, -0.2) is 14.2 Å². The second-order valence-electron chi connectivity index (χ2n) is 3.81. The van der Waals surface area contributed by atoms with Crippen LogP contribution in [0.1, 0.15) is 30.5 Å². The fourth-order valence-electron chi connectivity index (χ4n) is 1.98. The van der Waals surface area contributed by atoms with Crippen molar-refractivity contribution in [2.45, 2.75) is 25.8 Å². The van der Waals surface area contributed by atoms with Gasteiger partial charge in [0.05, 0.1) is 5.75 Å². The molecule has 0 fully saturated rings. The maximum Gasteiger partial charge on any atom is 0.211 e. The van der Waals surface area contributed by atoms with Crippen molar-refractivity contribution in [1.29, 1.82) is 0 Å². The number of hydrogen-bond donors (Lipinski definition) is 1. The number of aryl methyl sites for hydroxylation is 1. The molecular weight excluding hydrogens is 210 g/mol. The average molecular weight is 225 g/mol. The van der Waals surface area contributed by atoms with E-state index in [1.165, 1.54) is 5.56 Å². The molecule has 82 valence electrons. The van der Waals surface area contributed by atoms with E-state index in [2.05, 4.69) is 10.8 Å². The van der Waals surface area contributed by atoms with Crippen molar-refractivity contribution >= 4 is 10.0 Å². The Kier molecular flexibility index (Phi) is 2.80. The highest BCUT2D eigenvalue weighted by atomic mass is 32.2. The second kappa shape index (κ2) is 3.94. The van der Waals surface area contributed by atoms with E-state index in [0.717, 1.165) is 18.4 Å². The van der Waals surface area contributed by atoms with Gasteiger partial charge in [-0.3, -0.25) is 0 Å². The molecular formula is C11H15NO2S. The highest BCUT2D eigenvalue weighted by Gasteiger charge is 2.24. The first-order chi connectivity index (χ1) is 7.12. The van der Waals surface area contributed by atoms with Gasteiger partial charge < -0.3 is 0 Å². The molecule has 1 aromatic rings. The van der Waals surface area contributed by atoms with E-state index in [0.29, 0.717) is 0 Å². The third-order valence-corrected chi connectivity index (χ3v) is 4.24. The van der Waals surface area contributed by atoms with E-state index in [4.69, 9.17) is 0 Å². The molecule has 0 heterocycles. The number of hydrogen-bond acceptors (Lipinski definition) is 2. The van der Waals surface area contributed by atoms with Crippen molar-refractivity contribution in [1.82, 2.24) is 4.72 Å². The van der Waals surface area contributed by atoms with Crippen LogP contribution in [0.25, 0.3) is 0 Å². The Morgan fingerprint density at radius 1 is 1.40 bits per heavy atom. The van der Waals surface area contributed by atoms with E-state index in [1.807, 2.05) is 18.2 Å². The van der Waals surface area contributed by atoms with Gasteiger partial charge in [0.25, 0.3) is 0 Å². The van der Waals surface area contributed by atoms with Crippen molar-refractivity contribution in [2.24, 2.45) is 0 Å². The normalized spacial score (nSPS) is 20.2. The number of benzene rings is 1. The summed E-state index contributed by atoms with van der Waals surface area (Å²) >= 11 is 0. The highest BCUT2D eigenvalue weighted by Crippen LogP contribution is 2.31. The topological polar surface area (TPSA) is 46.2 Å². The first-order valence-corrected chi connectivity index (χ1v) is 6.85. The van der Waals surface area contributed by atoms with Gasteiger partial charge in [-0.05, 0) is 30.9 Å². The standard InChI is InChI=1S/C11H15NO2S/c1-2-15(13,14)12-11-8-7-9-5-3-4-6-10(9)11/h3-6,11-12H,2,7-8H2,1H3/t11-/m1/s1. The lowest BCUT2D eigenvalue weighted by Crippen LogP contribution is -2.28. The molecule has 3 nitrogen and oxygen atoms in total. The molecule has 0 spiro atoms. The molecule has 4 heteroatoms. The molecule has 0 bridgehead atoms. The molecule has 1 N–H and O–H groups in total. The summed E-state index contributed by atoms with van der Waals surface area (Å²) in [6.07, 6.45) is 1.84. The van der Waals surface area contributed by atoms with E-state index in [9.17, 15) is 8.42 Å². The fourth-order valence-corrected chi connectivity index (χ4v) is 2.82. The lowest BCUT2D eigenvalue weighted by Gasteiger charge is -2.13. The maximum absolute atomic E-state index is 11.5. The monoisotopic (exact) mass is 225 g/mol. The summed E-state index contributed by atoms with van der Waals surface area (Å²) in [6.45, 7) is 1.66. The summed E-state index contributed by atoms with van der Waals surface area (Å²) in [5.74, 6) is 0.145. The highest BCUT2D eigenvalue weighted by molar-refractivity contribution is 7.89. The van der Waals surface area contributed by atoms with Gasteiger partial charge in [0.2, 0.25) is 10.0 Å². The van der Waals surface area contributed by atoms with Crippen LogP contribution in [0.3, 0.4) is 0 Å². The smallest absolute Gasteiger partial charge is 0.211 e. The minimum absolute atomic E-state index is 0.0221. The Morgan fingerprint density at radius 2 is 2.13 bits per heavy atom. The van der Waals surface area contributed by atoms with E-state index in [1.54, 1.807) is 6.92 Å². The van der Waals surface area contributed by atoms with Crippen LogP contribution in [-0.2, 0) is 16.4 Å². The molecule has 0 unspecified atom stereocenters. The lowest BCUT2D eigenvalue weighted by atomic mass is 10.1. The zero-order valence-electron chi connectivity index (χ0n) is 8.73. The molecule has 1 aromatic carbocycles. The molecule has 1 aliphatic carbocycles. The second-order valence-corrected chi connectivity index (χ2v) is 5.85. The largest absolute Gasteiger partial charge is 0.212 e. The van der Waals surface area contributed by atoms with Crippen LogP contribution in [0.5, 0.6) is 0 Å². The van der Waals surface area contributed by atoms with E-state index in [-0.39, 0.29) is 11.8 Å². The summed E-state index contributed by atoms with van der Waals surface area (Å²) in [5, 5.41) is 0. The summed E-state index contributed by atoms with van der Waals surface area (Å²) in [4.78, 5) is 0. The van der Waals surface area contributed by atoms with Gasteiger partial charge in [-0.1, -0.05) is 24.3 Å². The van der Waals surface area contributed by atoms with E-state index >= 15 is 0 Å². The van der Waals surface area contributed by atoms with Crippen molar-refractivity contribution in [3.05, 3.63) is 35.4 Å². The third-order valence-electron chi connectivity index (χ3n) is 2.83. The van der Waals surface area contributed by atoms with Crippen LogP contribution < -0.4 is 4.72 Å². The molecule has 0 saturated carbocycles. The van der Waals surface area contributed by atoms with Gasteiger partial charge >= 0.3 is 0 Å². The third kappa shape index (κ3) is 2.21. The summed E-state index contributed by atoms with van der Waals surface area (Å²) in [6, 6.07) is 8.00. The number of fused-ring (bicyclic) bond motifs is 1. The fraction of sp³-hybridized carbons (Fsp3) is 0.455. The Labute approximate surface area is 90.6 Å². The molecule has 0 radical (unpaired) electrons. The zero-order valence-corrected chi connectivity index (χ0v) is 9.55. The number of sulfonamides is 1. The van der Waals surface area contributed by atoms with Crippen molar-refractivity contribution in [2.75, 3.05) is 5.75 Å². The SMILES string of the molecule is CCS(=O)(=O)N[C@@H]1CCc2ccccc21.